The van der Waals surface area contributed by atoms with Crippen molar-refractivity contribution in [1.29, 1.82) is 0 Å². The standard InChI is InChI=1S/C21H21NO4/c1-13(2)18(12-23)22-20(24)16-8-5-7-14(10-16)17-11-15-6-3-4-9-19(15)26-21(17)25/h3-11,13,18,23H,12H2,1-2H3,(H,22,24)/t18-/m1/s1. The van der Waals surface area contributed by atoms with Crippen LogP contribution in [-0.2, 0) is 0 Å². The summed E-state index contributed by atoms with van der Waals surface area (Å²) in [5.74, 6) is -0.176. The van der Waals surface area contributed by atoms with Crippen molar-refractivity contribution in [3.63, 3.8) is 0 Å². The van der Waals surface area contributed by atoms with Crippen LogP contribution >= 0.6 is 0 Å². The summed E-state index contributed by atoms with van der Waals surface area (Å²) in [7, 11) is 0. The molecular formula is C21H21NO4. The lowest BCUT2D eigenvalue weighted by Gasteiger charge is -2.20. The Hall–Kier alpha value is -2.92. The van der Waals surface area contributed by atoms with Gasteiger partial charge in [-0.15, -0.1) is 0 Å². The van der Waals surface area contributed by atoms with Crippen molar-refractivity contribution in [2.75, 3.05) is 6.61 Å². The number of rotatable bonds is 5. The minimum atomic E-state index is -0.448. The second-order valence-electron chi connectivity index (χ2n) is 6.57. The summed E-state index contributed by atoms with van der Waals surface area (Å²) < 4.78 is 5.37. The van der Waals surface area contributed by atoms with Gasteiger partial charge < -0.3 is 14.8 Å². The molecule has 0 fully saturated rings. The lowest BCUT2D eigenvalue weighted by atomic mass is 10.0. The maximum atomic E-state index is 12.5. The Morgan fingerprint density at radius 1 is 1.12 bits per heavy atom. The topological polar surface area (TPSA) is 79.5 Å². The van der Waals surface area contributed by atoms with Crippen LogP contribution < -0.4 is 10.9 Å². The van der Waals surface area contributed by atoms with E-state index in [1.54, 1.807) is 36.4 Å². The van der Waals surface area contributed by atoms with Gasteiger partial charge in [0.05, 0.1) is 18.2 Å². The number of para-hydroxylation sites is 1. The number of carbonyl (C=O) groups is 1. The molecule has 2 N–H and O–H groups in total. The first-order valence-electron chi connectivity index (χ1n) is 8.54. The van der Waals surface area contributed by atoms with Gasteiger partial charge in [0.2, 0.25) is 0 Å². The molecule has 0 bridgehead atoms. The van der Waals surface area contributed by atoms with Crippen LogP contribution in [0.4, 0.5) is 0 Å². The number of carbonyl (C=O) groups excluding carboxylic acids is 1. The Balaban J connectivity index is 1.96. The van der Waals surface area contributed by atoms with Crippen molar-refractivity contribution in [3.8, 4) is 11.1 Å². The third-order valence-electron chi connectivity index (χ3n) is 4.40. The summed E-state index contributed by atoms with van der Waals surface area (Å²) in [5.41, 5.74) is 1.52. The molecule has 1 atom stereocenters. The van der Waals surface area contributed by atoms with Gasteiger partial charge in [-0.25, -0.2) is 4.79 Å². The lowest BCUT2D eigenvalue weighted by Crippen LogP contribution is -2.41. The first kappa shape index (κ1) is 17.9. The summed E-state index contributed by atoms with van der Waals surface area (Å²) in [6, 6.07) is 15.6. The number of nitrogens with one attached hydrogen (secondary N) is 1. The molecule has 134 valence electrons. The molecule has 0 unspecified atom stereocenters. The normalized spacial score (nSPS) is 12.3. The van der Waals surface area contributed by atoms with Gasteiger partial charge in [-0.2, -0.15) is 0 Å². The second kappa shape index (κ2) is 7.54. The number of benzene rings is 2. The highest BCUT2D eigenvalue weighted by atomic mass is 16.4. The molecule has 1 aromatic heterocycles. The van der Waals surface area contributed by atoms with Crippen molar-refractivity contribution >= 4 is 16.9 Å². The van der Waals surface area contributed by atoms with Gasteiger partial charge in [0.1, 0.15) is 5.58 Å². The van der Waals surface area contributed by atoms with Crippen LogP contribution in [0.15, 0.2) is 63.8 Å². The van der Waals surface area contributed by atoms with Crippen LogP contribution in [0.3, 0.4) is 0 Å². The van der Waals surface area contributed by atoms with Gasteiger partial charge in [0.15, 0.2) is 0 Å². The second-order valence-corrected chi connectivity index (χ2v) is 6.57. The van der Waals surface area contributed by atoms with Crippen LogP contribution in [-0.4, -0.2) is 23.7 Å². The SMILES string of the molecule is CC(C)[C@@H](CO)NC(=O)c1cccc(-c2cc3ccccc3oc2=O)c1. The first-order chi connectivity index (χ1) is 12.5. The lowest BCUT2D eigenvalue weighted by molar-refractivity contribution is 0.0897. The summed E-state index contributed by atoms with van der Waals surface area (Å²) in [5, 5.41) is 13.0. The predicted molar refractivity (Wildman–Crippen MR) is 101 cm³/mol. The molecule has 3 aromatic rings. The van der Waals surface area contributed by atoms with E-state index in [0.29, 0.717) is 22.3 Å². The van der Waals surface area contributed by atoms with Crippen molar-refractivity contribution in [1.82, 2.24) is 5.32 Å². The third kappa shape index (κ3) is 3.68. The van der Waals surface area contributed by atoms with Crippen LogP contribution in [0, 0.1) is 5.92 Å². The quantitative estimate of drug-likeness (QED) is 0.692. The van der Waals surface area contributed by atoms with Crippen LogP contribution in [0.25, 0.3) is 22.1 Å². The first-order valence-corrected chi connectivity index (χ1v) is 8.54. The largest absolute Gasteiger partial charge is 0.422 e. The monoisotopic (exact) mass is 351 g/mol. The third-order valence-corrected chi connectivity index (χ3v) is 4.40. The molecular weight excluding hydrogens is 330 g/mol. The molecule has 0 saturated carbocycles. The fraction of sp³-hybridized carbons (Fsp3) is 0.238. The molecule has 2 aromatic carbocycles. The zero-order valence-electron chi connectivity index (χ0n) is 14.7. The zero-order valence-corrected chi connectivity index (χ0v) is 14.7. The highest BCUT2D eigenvalue weighted by Gasteiger charge is 2.17. The van der Waals surface area contributed by atoms with E-state index in [9.17, 15) is 14.7 Å². The molecule has 0 aliphatic carbocycles. The van der Waals surface area contributed by atoms with E-state index >= 15 is 0 Å². The molecule has 26 heavy (non-hydrogen) atoms. The van der Waals surface area contributed by atoms with E-state index in [1.165, 1.54) is 0 Å². The Morgan fingerprint density at radius 2 is 1.88 bits per heavy atom. The number of hydrogen-bond acceptors (Lipinski definition) is 4. The van der Waals surface area contributed by atoms with Gasteiger partial charge in [-0.05, 0) is 35.7 Å². The number of amides is 1. The highest BCUT2D eigenvalue weighted by Crippen LogP contribution is 2.22. The molecule has 5 nitrogen and oxygen atoms in total. The minimum Gasteiger partial charge on any atom is -0.422 e. The molecule has 0 aliphatic rings. The fourth-order valence-electron chi connectivity index (χ4n) is 2.77. The van der Waals surface area contributed by atoms with Crippen LogP contribution in [0.5, 0.6) is 0 Å². The molecule has 5 heteroatoms. The van der Waals surface area contributed by atoms with Gasteiger partial charge in [0.25, 0.3) is 5.91 Å². The van der Waals surface area contributed by atoms with E-state index in [0.717, 1.165) is 5.39 Å². The minimum absolute atomic E-state index is 0.111. The number of hydrogen-bond donors (Lipinski definition) is 2. The maximum absolute atomic E-state index is 12.5. The zero-order chi connectivity index (χ0) is 18.7. The smallest absolute Gasteiger partial charge is 0.344 e. The summed E-state index contributed by atoms with van der Waals surface area (Å²) >= 11 is 0. The van der Waals surface area contributed by atoms with E-state index in [4.69, 9.17) is 4.42 Å². The van der Waals surface area contributed by atoms with E-state index in [1.807, 2.05) is 32.0 Å². The van der Waals surface area contributed by atoms with Gasteiger partial charge in [-0.3, -0.25) is 4.79 Å². The van der Waals surface area contributed by atoms with Crippen molar-refractivity contribution in [2.45, 2.75) is 19.9 Å². The fourth-order valence-corrected chi connectivity index (χ4v) is 2.77. The average Bonchev–Trinajstić information content (AvgIpc) is 2.65. The van der Waals surface area contributed by atoms with E-state index in [-0.39, 0.29) is 24.5 Å². The number of aliphatic hydroxyl groups excluding tert-OH is 1. The predicted octanol–water partition coefficient (Wildman–Crippen LogP) is 3.21. The van der Waals surface area contributed by atoms with Crippen LogP contribution in [0.1, 0.15) is 24.2 Å². The Kier molecular flexibility index (Phi) is 5.19. The number of fused-ring (bicyclic) bond motifs is 1. The molecule has 3 rings (SSSR count). The Labute approximate surface area is 151 Å². The van der Waals surface area contributed by atoms with Crippen LogP contribution in [0.2, 0.25) is 0 Å². The molecule has 1 amide bonds. The van der Waals surface area contributed by atoms with Gasteiger partial charge in [0, 0.05) is 10.9 Å². The van der Waals surface area contributed by atoms with E-state index in [2.05, 4.69) is 5.32 Å². The molecule has 1 heterocycles. The Morgan fingerprint density at radius 3 is 2.62 bits per heavy atom. The van der Waals surface area contributed by atoms with Gasteiger partial charge >= 0.3 is 5.63 Å². The average molecular weight is 351 g/mol. The molecule has 0 radical (unpaired) electrons. The highest BCUT2D eigenvalue weighted by molar-refractivity contribution is 5.96. The molecule has 0 saturated heterocycles. The number of aliphatic hydroxyl groups is 1. The van der Waals surface area contributed by atoms with E-state index < -0.39 is 5.63 Å². The molecule has 0 spiro atoms. The maximum Gasteiger partial charge on any atom is 0.344 e. The van der Waals surface area contributed by atoms with Crippen molar-refractivity contribution in [3.05, 3.63) is 70.6 Å². The summed E-state index contributed by atoms with van der Waals surface area (Å²) in [6.07, 6.45) is 0. The van der Waals surface area contributed by atoms with Crippen molar-refractivity contribution < 1.29 is 14.3 Å². The summed E-state index contributed by atoms with van der Waals surface area (Å²) in [6.45, 7) is 3.73. The summed E-state index contributed by atoms with van der Waals surface area (Å²) in [4.78, 5) is 24.8. The Bertz CT molecular complexity index is 990. The molecule has 0 aliphatic heterocycles. The van der Waals surface area contributed by atoms with Crippen molar-refractivity contribution in [2.24, 2.45) is 5.92 Å². The van der Waals surface area contributed by atoms with Gasteiger partial charge in [-0.1, -0.05) is 44.2 Å².